The molecule has 4 nitrogen and oxygen atoms in total. The molecule has 0 aliphatic carbocycles. The summed E-state index contributed by atoms with van der Waals surface area (Å²) in [6.45, 7) is 4.91. The van der Waals surface area contributed by atoms with Gasteiger partial charge in [0, 0.05) is 17.8 Å². The number of piperidine rings is 1. The minimum atomic E-state index is -0.336. The number of hydrogen-bond donors (Lipinski definition) is 1. The van der Waals surface area contributed by atoms with Crippen molar-refractivity contribution in [3.63, 3.8) is 0 Å². The van der Waals surface area contributed by atoms with Crippen LogP contribution in [0.3, 0.4) is 0 Å². The number of methoxy groups -OCH3 is 1. The molecule has 1 atom stereocenters. The number of rotatable bonds is 2. The van der Waals surface area contributed by atoms with Crippen molar-refractivity contribution in [2.75, 3.05) is 18.6 Å². The van der Waals surface area contributed by atoms with Gasteiger partial charge in [-0.05, 0) is 44.9 Å². The molecule has 1 aliphatic rings. The highest BCUT2D eigenvalue weighted by Crippen LogP contribution is 2.33. The molecule has 1 aliphatic heterocycles. The normalized spacial score (nSPS) is 22.1. The third kappa shape index (κ3) is 2.89. The van der Waals surface area contributed by atoms with Crippen LogP contribution in [-0.4, -0.2) is 36.4 Å². The Hall–Kier alpha value is -1.55. The lowest BCUT2D eigenvalue weighted by Crippen LogP contribution is -2.52. The summed E-state index contributed by atoms with van der Waals surface area (Å²) >= 11 is 0. The zero-order valence-electron chi connectivity index (χ0n) is 11.7. The highest BCUT2D eigenvalue weighted by molar-refractivity contribution is 5.90. The lowest BCUT2D eigenvalue weighted by molar-refractivity contribution is 0.0600. The number of ether oxygens (including phenoxy) is 1. The van der Waals surface area contributed by atoms with Gasteiger partial charge in [0.2, 0.25) is 0 Å². The largest absolute Gasteiger partial charge is 0.465 e. The summed E-state index contributed by atoms with van der Waals surface area (Å²) in [6, 6.07) is 7.37. The molecule has 1 aromatic carbocycles. The summed E-state index contributed by atoms with van der Waals surface area (Å²) in [5.41, 5.74) is 1.47. The summed E-state index contributed by atoms with van der Waals surface area (Å²) in [7, 11) is 1.38. The van der Waals surface area contributed by atoms with E-state index in [9.17, 15) is 9.90 Å². The van der Waals surface area contributed by atoms with Gasteiger partial charge in [-0.2, -0.15) is 0 Å². The number of carbonyl (C=O) groups excluding carboxylic acids is 1. The second kappa shape index (κ2) is 5.21. The van der Waals surface area contributed by atoms with Crippen LogP contribution in [0.2, 0.25) is 0 Å². The lowest BCUT2D eigenvalue weighted by atomic mass is 9.88. The summed E-state index contributed by atoms with van der Waals surface area (Å²) < 4.78 is 4.74. The van der Waals surface area contributed by atoms with Crippen LogP contribution in [0.4, 0.5) is 5.69 Å². The maximum atomic E-state index is 11.6. The van der Waals surface area contributed by atoms with Gasteiger partial charge < -0.3 is 14.7 Å². The van der Waals surface area contributed by atoms with Crippen molar-refractivity contribution in [2.24, 2.45) is 0 Å². The van der Waals surface area contributed by atoms with Crippen molar-refractivity contribution in [2.45, 2.75) is 38.3 Å². The first-order valence-electron chi connectivity index (χ1n) is 6.58. The molecule has 1 saturated heterocycles. The van der Waals surface area contributed by atoms with Gasteiger partial charge in [0.25, 0.3) is 0 Å². The first-order chi connectivity index (χ1) is 8.94. The van der Waals surface area contributed by atoms with Gasteiger partial charge in [-0.15, -0.1) is 0 Å². The molecule has 1 heterocycles. The number of anilines is 1. The van der Waals surface area contributed by atoms with E-state index in [1.165, 1.54) is 7.11 Å². The van der Waals surface area contributed by atoms with Crippen LogP contribution in [0.5, 0.6) is 0 Å². The average Bonchev–Trinajstić information content (AvgIpc) is 2.41. The van der Waals surface area contributed by atoms with Gasteiger partial charge in [-0.3, -0.25) is 0 Å². The fourth-order valence-corrected chi connectivity index (χ4v) is 2.58. The Balaban J connectivity index is 2.32. The van der Waals surface area contributed by atoms with Crippen molar-refractivity contribution in [1.82, 2.24) is 0 Å². The van der Waals surface area contributed by atoms with Crippen LogP contribution in [0.1, 0.15) is 37.0 Å². The van der Waals surface area contributed by atoms with Crippen LogP contribution < -0.4 is 4.90 Å². The van der Waals surface area contributed by atoms with E-state index < -0.39 is 0 Å². The van der Waals surface area contributed by atoms with E-state index >= 15 is 0 Å². The third-order valence-corrected chi connectivity index (χ3v) is 3.79. The molecule has 0 saturated carbocycles. The summed E-state index contributed by atoms with van der Waals surface area (Å²) in [5.74, 6) is -0.336. The van der Waals surface area contributed by atoms with E-state index in [1.807, 2.05) is 18.2 Å². The fourth-order valence-electron chi connectivity index (χ4n) is 2.58. The monoisotopic (exact) mass is 263 g/mol. The molecule has 0 radical (unpaired) electrons. The summed E-state index contributed by atoms with van der Waals surface area (Å²) in [5, 5.41) is 9.86. The molecule has 2 rings (SSSR count). The maximum absolute atomic E-state index is 11.6. The zero-order valence-corrected chi connectivity index (χ0v) is 11.7. The van der Waals surface area contributed by atoms with Gasteiger partial charge in [0.15, 0.2) is 0 Å². The Kier molecular flexibility index (Phi) is 3.80. The van der Waals surface area contributed by atoms with E-state index in [4.69, 9.17) is 4.74 Å². The quantitative estimate of drug-likeness (QED) is 0.831. The third-order valence-electron chi connectivity index (χ3n) is 3.79. The highest BCUT2D eigenvalue weighted by atomic mass is 16.5. The summed E-state index contributed by atoms with van der Waals surface area (Å²) in [4.78, 5) is 13.7. The smallest absolute Gasteiger partial charge is 0.337 e. The van der Waals surface area contributed by atoms with E-state index in [2.05, 4.69) is 18.7 Å². The van der Waals surface area contributed by atoms with Crippen LogP contribution in [-0.2, 0) is 4.74 Å². The molecule has 0 aromatic heterocycles. The minimum Gasteiger partial charge on any atom is -0.465 e. The van der Waals surface area contributed by atoms with E-state index in [1.54, 1.807) is 6.07 Å². The molecule has 1 fully saturated rings. The number of hydrogen-bond acceptors (Lipinski definition) is 4. The Morgan fingerprint density at radius 2 is 2.21 bits per heavy atom. The van der Waals surface area contributed by atoms with Gasteiger partial charge in [-0.25, -0.2) is 4.79 Å². The lowest BCUT2D eigenvalue weighted by Gasteiger charge is -2.46. The molecule has 0 bridgehead atoms. The van der Waals surface area contributed by atoms with Crippen molar-refractivity contribution in [1.29, 1.82) is 0 Å². The second-order valence-corrected chi connectivity index (χ2v) is 5.66. The Morgan fingerprint density at radius 1 is 1.47 bits per heavy atom. The van der Waals surface area contributed by atoms with E-state index in [0.717, 1.165) is 18.5 Å². The SMILES string of the molecule is COC(=O)c1cccc(N2CC(O)CCC2(C)C)c1. The summed E-state index contributed by atoms with van der Waals surface area (Å²) in [6.07, 6.45) is 1.44. The molecule has 19 heavy (non-hydrogen) atoms. The first kappa shape index (κ1) is 13.9. The maximum Gasteiger partial charge on any atom is 0.337 e. The Labute approximate surface area is 114 Å². The van der Waals surface area contributed by atoms with Crippen LogP contribution in [0.25, 0.3) is 0 Å². The first-order valence-corrected chi connectivity index (χ1v) is 6.58. The number of esters is 1. The number of aliphatic hydroxyl groups excluding tert-OH is 1. The predicted molar refractivity (Wildman–Crippen MR) is 74.4 cm³/mol. The topological polar surface area (TPSA) is 49.8 Å². The van der Waals surface area contributed by atoms with Gasteiger partial charge >= 0.3 is 5.97 Å². The standard InChI is InChI=1S/C15H21NO3/c1-15(2)8-7-13(17)10-16(15)12-6-4-5-11(9-12)14(18)19-3/h4-6,9,13,17H,7-8,10H2,1-3H3. The van der Waals surface area contributed by atoms with Crippen molar-refractivity contribution in [3.05, 3.63) is 29.8 Å². The number of benzene rings is 1. The minimum absolute atomic E-state index is 0.0199. The molecular formula is C15H21NO3. The number of carbonyl (C=O) groups is 1. The zero-order chi connectivity index (χ0) is 14.0. The predicted octanol–water partition coefficient (Wildman–Crippen LogP) is 2.21. The van der Waals surface area contributed by atoms with E-state index in [-0.39, 0.29) is 17.6 Å². The molecule has 0 spiro atoms. The Morgan fingerprint density at radius 3 is 2.89 bits per heavy atom. The van der Waals surface area contributed by atoms with Crippen LogP contribution in [0.15, 0.2) is 24.3 Å². The average molecular weight is 263 g/mol. The molecule has 4 heteroatoms. The Bertz CT molecular complexity index is 470. The number of aliphatic hydroxyl groups is 1. The van der Waals surface area contributed by atoms with Crippen molar-refractivity contribution in [3.8, 4) is 0 Å². The molecule has 0 amide bonds. The molecular weight excluding hydrogens is 242 g/mol. The fraction of sp³-hybridized carbons (Fsp3) is 0.533. The van der Waals surface area contributed by atoms with E-state index in [0.29, 0.717) is 12.1 Å². The van der Waals surface area contributed by atoms with Crippen molar-refractivity contribution < 1.29 is 14.6 Å². The van der Waals surface area contributed by atoms with Gasteiger partial charge in [-0.1, -0.05) is 6.07 Å². The number of β-amino-alcohol motifs (C(OH)–C–C–N with tert-alkyl or cyclic N) is 1. The molecule has 104 valence electrons. The van der Waals surface area contributed by atoms with Crippen LogP contribution >= 0.6 is 0 Å². The molecule has 1 unspecified atom stereocenters. The molecule has 1 N–H and O–H groups in total. The number of nitrogens with zero attached hydrogens (tertiary/aromatic N) is 1. The van der Waals surface area contributed by atoms with Gasteiger partial charge in [0.05, 0.1) is 18.8 Å². The molecule has 1 aromatic rings. The van der Waals surface area contributed by atoms with Crippen LogP contribution in [0, 0.1) is 0 Å². The second-order valence-electron chi connectivity index (χ2n) is 5.66. The van der Waals surface area contributed by atoms with Gasteiger partial charge in [0.1, 0.15) is 0 Å². The highest BCUT2D eigenvalue weighted by Gasteiger charge is 2.33. The van der Waals surface area contributed by atoms with Crippen molar-refractivity contribution >= 4 is 11.7 Å².